The SMILES string of the molecule is CCN(c1nc(C)cc(N2CCOCC2)n1)c1ccc(C(C)OC)cc1I. The van der Waals surface area contributed by atoms with Crippen LogP contribution in [0, 0.1) is 10.5 Å². The Bertz CT molecular complexity index is 781. The van der Waals surface area contributed by atoms with Crippen molar-refractivity contribution < 1.29 is 9.47 Å². The van der Waals surface area contributed by atoms with Crippen LogP contribution in [-0.4, -0.2) is 49.9 Å². The standard InChI is InChI=1S/C20H27IN4O2/c1-5-25(18-7-6-16(13-17(18)21)15(3)26-4)20-22-14(2)12-19(23-20)24-8-10-27-11-9-24/h6-7,12-13,15H,5,8-11H2,1-4H3. The molecule has 1 unspecified atom stereocenters. The Morgan fingerprint density at radius 1 is 1.26 bits per heavy atom. The predicted octanol–water partition coefficient (Wildman–Crippen LogP) is 4.09. The van der Waals surface area contributed by atoms with E-state index in [-0.39, 0.29) is 6.10 Å². The van der Waals surface area contributed by atoms with Crippen LogP contribution in [-0.2, 0) is 9.47 Å². The summed E-state index contributed by atoms with van der Waals surface area (Å²) < 4.78 is 12.1. The van der Waals surface area contributed by atoms with E-state index in [1.165, 1.54) is 5.56 Å². The van der Waals surface area contributed by atoms with E-state index >= 15 is 0 Å². The Labute approximate surface area is 175 Å². The van der Waals surface area contributed by atoms with Gasteiger partial charge in [-0.3, -0.25) is 0 Å². The number of aromatic nitrogens is 2. The molecule has 6 nitrogen and oxygen atoms in total. The van der Waals surface area contributed by atoms with Gasteiger partial charge in [0.15, 0.2) is 0 Å². The normalized spacial score (nSPS) is 15.7. The number of ether oxygens (including phenoxy) is 2. The molecule has 1 saturated heterocycles. The fourth-order valence-electron chi connectivity index (χ4n) is 3.16. The summed E-state index contributed by atoms with van der Waals surface area (Å²) in [4.78, 5) is 14.0. The first kappa shape index (κ1) is 20.3. The first-order valence-electron chi connectivity index (χ1n) is 9.31. The van der Waals surface area contributed by atoms with Crippen LogP contribution in [0.2, 0.25) is 0 Å². The molecule has 0 bridgehead atoms. The second-order valence-corrected chi connectivity index (χ2v) is 7.76. The zero-order chi connectivity index (χ0) is 19.4. The number of methoxy groups -OCH3 is 1. The Balaban J connectivity index is 1.94. The number of nitrogens with zero attached hydrogens (tertiary/aromatic N) is 4. The van der Waals surface area contributed by atoms with Crippen LogP contribution in [0.25, 0.3) is 0 Å². The summed E-state index contributed by atoms with van der Waals surface area (Å²) in [5.41, 5.74) is 3.25. The molecule has 27 heavy (non-hydrogen) atoms. The molecule has 0 saturated carbocycles. The third kappa shape index (κ3) is 4.70. The third-order valence-corrected chi connectivity index (χ3v) is 5.67. The smallest absolute Gasteiger partial charge is 0.232 e. The molecular weight excluding hydrogens is 455 g/mol. The lowest BCUT2D eigenvalue weighted by molar-refractivity contribution is 0.119. The van der Waals surface area contributed by atoms with E-state index in [0.29, 0.717) is 0 Å². The van der Waals surface area contributed by atoms with Crippen LogP contribution in [0.5, 0.6) is 0 Å². The Morgan fingerprint density at radius 2 is 2.00 bits per heavy atom. The zero-order valence-electron chi connectivity index (χ0n) is 16.4. The van der Waals surface area contributed by atoms with Crippen molar-refractivity contribution in [3.05, 3.63) is 39.1 Å². The molecule has 7 heteroatoms. The molecule has 0 amide bonds. The van der Waals surface area contributed by atoms with Crippen LogP contribution >= 0.6 is 22.6 Å². The molecule has 1 aromatic carbocycles. The van der Waals surface area contributed by atoms with E-state index in [0.717, 1.165) is 59.6 Å². The quantitative estimate of drug-likeness (QED) is 0.579. The highest BCUT2D eigenvalue weighted by atomic mass is 127. The number of halogens is 1. The molecular formula is C20H27IN4O2. The summed E-state index contributed by atoms with van der Waals surface area (Å²) in [6.45, 7) is 10.2. The van der Waals surface area contributed by atoms with Gasteiger partial charge in [-0.1, -0.05) is 6.07 Å². The fourth-order valence-corrected chi connectivity index (χ4v) is 3.99. The third-order valence-electron chi connectivity index (χ3n) is 4.81. The maximum Gasteiger partial charge on any atom is 0.232 e. The van der Waals surface area contributed by atoms with Crippen molar-refractivity contribution in [1.82, 2.24) is 9.97 Å². The van der Waals surface area contributed by atoms with Crippen LogP contribution < -0.4 is 9.80 Å². The Hall–Kier alpha value is -1.45. The molecule has 146 valence electrons. The summed E-state index contributed by atoms with van der Waals surface area (Å²) in [6, 6.07) is 8.48. The lowest BCUT2D eigenvalue weighted by Gasteiger charge is -2.29. The van der Waals surface area contributed by atoms with Gasteiger partial charge in [0.2, 0.25) is 5.95 Å². The van der Waals surface area contributed by atoms with Crippen molar-refractivity contribution >= 4 is 40.0 Å². The van der Waals surface area contributed by atoms with Gasteiger partial charge in [-0.05, 0) is 61.1 Å². The van der Waals surface area contributed by atoms with E-state index in [1.54, 1.807) is 7.11 Å². The molecule has 0 N–H and O–H groups in total. The molecule has 1 aliphatic rings. The number of aryl methyl sites for hydroxylation is 1. The fraction of sp³-hybridized carbons (Fsp3) is 0.500. The molecule has 1 aromatic heterocycles. The highest BCUT2D eigenvalue weighted by molar-refractivity contribution is 14.1. The number of hydrogen-bond acceptors (Lipinski definition) is 6. The molecule has 0 radical (unpaired) electrons. The first-order valence-corrected chi connectivity index (χ1v) is 10.4. The molecule has 1 atom stereocenters. The van der Waals surface area contributed by atoms with Crippen molar-refractivity contribution in [2.24, 2.45) is 0 Å². The van der Waals surface area contributed by atoms with E-state index < -0.39 is 0 Å². The Kier molecular flexibility index (Phi) is 6.88. The average molecular weight is 482 g/mol. The van der Waals surface area contributed by atoms with Crippen molar-refractivity contribution in [3.63, 3.8) is 0 Å². The molecule has 3 rings (SSSR count). The highest BCUT2D eigenvalue weighted by Gasteiger charge is 2.19. The number of rotatable bonds is 6. The molecule has 2 aromatic rings. The molecule has 0 aliphatic carbocycles. The molecule has 2 heterocycles. The second-order valence-electron chi connectivity index (χ2n) is 6.60. The average Bonchev–Trinajstić information content (AvgIpc) is 2.69. The van der Waals surface area contributed by atoms with Gasteiger partial charge in [0.25, 0.3) is 0 Å². The van der Waals surface area contributed by atoms with Crippen LogP contribution in [0.15, 0.2) is 24.3 Å². The summed E-state index contributed by atoms with van der Waals surface area (Å²) in [6.07, 6.45) is 0.0748. The van der Waals surface area contributed by atoms with E-state index in [4.69, 9.17) is 19.4 Å². The second kappa shape index (κ2) is 9.16. The largest absolute Gasteiger partial charge is 0.378 e. The minimum absolute atomic E-state index is 0.0748. The van der Waals surface area contributed by atoms with Gasteiger partial charge in [-0.15, -0.1) is 0 Å². The van der Waals surface area contributed by atoms with E-state index in [1.807, 2.05) is 6.92 Å². The minimum atomic E-state index is 0.0748. The molecule has 1 aliphatic heterocycles. The summed E-state index contributed by atoms with van der Waals surface area (Å²) in [5, 5.41) is 0. The maximum atomic E-state index is 5.47. The van der Waals surface area contributed by atoms with Crippen molar-refractivity contribution in [2.45, 2.75) is 26.9 Å². The van der Waals surface area contributed by atoms with Gasteiger partial charge in [-0.25, -0.2) is 4.98 Å². The van der Waals surface area contributed by atoms with Crippen LogP contribution in [0.4, 0.5) is 17.5 Å². The monoisotopic (exact) mass is 482 g/mol. The van der Waals surface area contributed by atoms with Gasteiger partial charge in [0, 0.05) is 42.1 Å². The minimum Gasteiger partial charge on any atom is -0.378 e. The van der Waals surface area contributed by atoms with Gasteiger partial charge >= 0.3 is 0 Å². The highest BCUT2D eigenvalue weighted by Crippen LogP contribution is 2.31. The lowest BCUT2D eigenvalue weighted by atomic mass is 10.1. The number of benzene rings is 1. The van der Waals surface area contributed by atoms with Crippen LogP contribution in [0.3, 0.4) is 0 Å². The maximum absolute atomic E-state index is 5.47. The van der Waals surface area contributed by atoms with Crippen molar-refractivity contribution in [1.29, 1.82) is 0 Å². The van der Waals surface area contributed by atoms with Gasteiger partial charge in [0.05, 0.1) is 25.0 Å². The molecule has 0 spiro atoms. The number of anilines is 3. The Morgan fingerprint density at radius 3 is 2.63 bits per heavy atom. The molecule has 1 fully saturated rings. The number of hydrogen-bond donors (Lipinski definition) is 0. The topological polar surface area (TPSA) is 50.7 Å². The number of morpholine rings is 1. The van der Waals surface area contributed by atoms with Crippen molar-refractivity contribution in [3.8, 4) is 0 Å². The summed E-state index contributed by atoms with van der Waals surface area (Å²) >= 11 is 2.38. The van der Waals surface area contributed by atoms with E-state index in [9.17, 15) is 0 Å². The lowest BCUT2D eigenvalue weighted by Crippen LogP contribution is -2.37. The van der Waals surface area contributed by atoms with E-state index in [2.05, 4.69) is 70.5 Å². The van der Waals surface area contributed by atoms with Gasteiger partial charge in [0.1, 0.15) is 5.82 Å². The summed E-state index contributed by atoms with van der Waals surface area (Å²) in [7, 11) is 1.73. The predicted molar refractivity (Wildman–Crippen MR) is 117 cm³/mol. The van der Waals surface area contributed by atoms with Gasteiger partial charge < -0.3 is 19.3 Å². The van der Waals surface area contributed by atoms with Crippen molar-refractivity contribution in [2.75, 3.05) is 49.8 Å². The first-order chi connectivity index (χ1) is 13.0. The zero-order valence-corrected chi connectivity index (χ0v) is 18.6. The van der Waals surface area contributed by atoms with Crippen LogP contribution in [0.1, 0.15) is 31.2 Å². The summed E-state index contributed by atoms with van der Waals surface area (Å²) in [5.74, 6) is 1.71. The van der Waals surface area contributed by atoms with Gasteiger partial charge in [-0.2, -0.15) is 4.98 Å².